The first-order chi connectivity index (χ1) is 4.56. The van der Waals surface area contributed by atoms with Gasteiger partial charge in [0.15, 0.2) is 0 Å². The summed E-state index contributed by atoms with van der Waals surface area (Å²) in [7, 11) is 0. The van der Waals surface area contributed by atoms with Gasteiger partial charge < -0.3 is 20.4 Å². The first-order valence-electron chi connectivity index (χ1n) is 3.14. The first kappa shape index (κ1) is 12.5. The molecule has 64 valence electrons. The molecule has 10 heavy (non-hydrogen) atoms. The molecule has 0 bridgehead atoms. The lowest BCUT2D eigenvalue weighted by molar-refractivity contribution is 0.0438. The minimum atomic E-state index is -0.593. The Hall–Kier alpha value is -0.160. The van der Waals surface area contributed by atoms with Crippen LogP contribution in [-0.4, -0.2) is 45.8 Å². The lowest BCUT2D eigenvalue weighted by atomic mass is 10.3. The van der Waals surface area contributed by atoms with Gasteiger partial charge in [0, 0.05) is 0 Å². The third-order valence-electron chi connectivity index (χ3n) is 0.798. The first-order valence-corrected chi connectivity index (χ1v) is 3.14. The summed E-state index contributed by atoms with van der Waals surface area (Å²) in [6.45, 7) is 2.84. The molecule has 0 aliphatic rings. The molecule has 0 saturated heterocycles. The van der Waals surface area contributed by atoms with Crippen LogP contribution in [0.1, 0.15) is 13.8 Å². The molecule has 4 N–H and O–H groups in total. The third kappa shape index (κ3) is 15.7. The summed E-state index contributed by atoms with van der Waals surface area (Å²) in [5.74, 6) is 0. The highest BCUT2D eigenvalue weighted by Crippen LogP contribution is 1.85. The van der Waals surface area contributed by atoms with Crippen LogP contribution in [0.15, 0.2) is 0 Å². The van der Waals surface area contributed by atoms with E-state index in [0.29, 0.717) is 0 Å². The molecule has 4 heteroatoms. The summed E-state index contributed by atoms with van der Waals surface area (Å²) in [6.07, 6.45) is -1.19. The second-order valence-electron chi connectivity index (χ2n) is 1.93. The van der Waals surface area contributed by atoms with Crippen LogP contribution in [-0.2, 0) is 0 Å². The fourth-order valence-corrected chi connectivity index (χ4v) is 0. The van der Waals surface area contributed by atoms with Gasteiger partial charge in [-0.25, -0.2) is 0 Å². The summed E-state index contributed by atoms with van der Waals surface area (Å²) < 4.78 is 0. The van der Waals surface area contributed by atoms with Crippen LogP contribution in [0.5, 0.6) is 0 Å². The highest BCUT2D eigenvalue weighted by molar-refractivity contribution is 4.50. The van der Waals surface area contributed by atoms with E-state index < -0.39 is 12.2 Å². The van der Waals surface area contributed by atoms with Gasteiger partial charge in [-0.2, -0.15) is 0 Å². The molecule has 0 aliphatic carbocycles. The van der Waals surface area contributed by atoms with Crippen molar-refractivity contribution in [1.82, 2.24) is 0 Å². The van der Waals surface area contributed by atoms with Crippen molar-refractivity contribution in [3.63, 3.8) is 0 Å². The summed E-state index contributed by atoms with van der Waals surface area (Å²) in [6, 6.07) is 0. The molecule has 0 aromatic carbocycles. The lowest BCUT2D eigenvalue weighted by Crippen LogP contribution is -2.17. The third-order valence-corrected chi connectivity index (χ3v) is 0.798. The zero-order valence-corrected chi connectivity index (χ0v) is 6.36. The van der Waals surface area contributed by atoms with Gasteiger partial charge in [0.2, 0.25) is 0 Å². The van der Waals surface area contributed by atoms with E-state index in [0.717, 1.165) is 0 Å². The Balaban J connectivity index is 0. The number of aliphatic hydroxyl groups is 4. The highest BCUT2D eigenvalue weighted by Gasteiger charge is 1.99. The second kappa shape index (κ2) is 8.84. The largest absolute Gasteiger partial charge is 0.394 e. The fourth-order valence-electron chi connectivity index (χ4n) is 0. The molecule has 0 saturated carbocycles. The average Bonchev–Trinajstić information content (AvgIpc) is 1.89. The smallest absolute Gasteiger partial charge is 0.0768 e. The van der Waals surface area contributed by atoms with Crippen molar-refractivity contribution in [3.8, 4) is 0 Å². The quantitative estimate of drug-likeness (QED) is 0.397. The summed E-state index contributed by atoms with van der Waals surface area (Å²) in [5, 5.41) is 32.0. The van der Waals surface area contributed by atoms with Gasteiger partial charge in [0.05, 0.1) is 25.4 Å². The van der Waals surface area contributed by atoms with Gasteiger partial charge in [-0.3, -0.25) is 0 Å². The van der Waals surface area contributed by atoms with E-state index in [1.807, 2.05) is 0 Å². The minimum absolute atomic E-state index is 0.125. The maximum atomic E-state index is 8.38. The van der Waals surface area contributed by atoms with E-state index in [1.165, 1.54) is 0 Å². The summed E-state index contributed by atoms with van der Waals surface area (Å²) >= 11 is 0. The topological polar surface area (TPSA) is 80.9 Å². The molecule has 0 radical (unpaired) electrons. The van der Waals surface area contributed by atoms with E-state index in [4.69, 9.17) is 20.4 Å². The summed E-state index contributed by atoms with van der Waals surface area (Å²) in [4.78, 5) is 0. The molecule has 4 nitrogen and oxygen atoms in total. The summed E-state index contributed by atoms with van der Waals surface area (Å²) in [5.41, 5.74) is 0. The van der Waals surface area contributed by atoms with Crippen LogP contribution < -0.4 is 0 Å². The maximum absolute atomic E-state index is 8.38. The molecule has 2 atom stereocenters. The molecular weight excluding hydrogens is 136 g/mol. The minimum Gasteiger partial charge on any atom is -0.394 e. The average molecular weight is 152 g/mol. The molecular formula is C6H16O4. The fraction of sp³-hybridized carbons (Fsp3) is 1.00. The van der Waals surface area contributed by atoms with E-state index in [-0.39, 0.29) is 13.2 Å². The molecule has 0 aromatic heterocycles. The Bertz CT molecular complexity index is 45.7. The van der Waals surface area contributed by atoms with Gasteiger partial charge in [0.25, 0.3) is 0 Å². The maximum Gasteiger partial charge on any atom is 0.0768 e. The van der Waals surface area contributed by atoms with Crippen molar-refractivity contribution in [2.75, 3.05) is 13.2 Å². The lowest BCUT2D eigenvalue weighted by Gasteiger charge is -2.03. The molecule has 0 rings (SSSR count). The van der Waals surface area contributed by atoms with Crippen LogP contribution in [0.3, 0.4) is 0 Å². The van der Waals surface area contributed by atoms with Crippen LogP contribution in [0.2, 0.25) is 0 Å². The highest BCUT2D eigenvalue weighted by atomic mass is 16.3. The van der Waals surface area contributed by atoms with Gasteiger partial charge in [-0.05, 0) is 13.8 Å². The Morgan fingerprint density at radius 3 is 1.10 bits per heavy atom. The molecule has 2 unspecified atom stereocenters. The van der Waals surface area contributed by atoms with Crippen LogP contribution in [0.25, 0.3) is 0 Å². The van der Waals surface area contributed by atoms with Crippen LogP contribution >= 0.6 is 0 Å². The van der Waals surface area contributed by atoms with Crippen molar-refractivity contribution < 1.29 is 20.4 Å². The molecule has 0 aliphatic heterocycles. The predicted molar refractivity (Wildman–Crippen MR) is 37.5 cm³/mol. The van der Waals surface area contributed by atoms with Crippen LogP contribution in [0, 0.1) is 0 Å². The molecule has 0 spiro atoms. The molecule has 0 heterocycles. The standard InChI is InChI=1S/C4H10O2.C2H6O2/c1-3(5)4(2)6;3-1-2-4/h3-6H,1-2H3;3-4H,1-2H2. The van der Waals surface area contributed by atoms with Crippen molar-refractivity contribution in [1.29, 1.82) is 0 Å². The number of rotatable bonds is 2. The van der Waals surface area contributed by atoms with Crippen LogP contribution in [0.4, 0.5) is 0 Å². The Morgan fingerprint density at radius 1 is 0.900 bits per heavy atom. The van der Waals surface area contributed by atoms with Gasteiger partial charge in [-0.15, -0.1) is 0 Å². The monoisotopic (exact) mass is 152 g/mol. The van der Waals surface area contributed by atoms with Crippen molar-refractivity contribution in [3.05, 3.63) is 0 Å². The van der Waals surface area contributed by atoms with Gasteiger partial charge in [-0.1, -0.05) is 0 Å². The Morgan fingerprint density at radius 2 is 1.10 bits per heavy atom. The second-order valence-corrected chi connectivity index (χ2v) is 1.93. The normalized spacial score (nSPS) is 15.0. The number of hydrogen-bond acceptors (Lipinski definition) is 4. The predicted octanol–water partition coefficient (Wildman–Crippen LogP) is -1.28. The molecule has 0 aromatic rings. The van der Waals surface area contributed by atoms with Crippen molar-refractivity contribution >= 4 is 0 Å². The zero-order chi connectivity index (χ0) is 8.57. The van der Waals surface area contributed by atoms with Gasteiger partial charge in [0.1, 0.15) is 0 Å². The zero-order valence-electron chi connectivity index (χ0n) is 6.36. The number of hydrogen-bond donors (Lipinski definition) is 4. The number of aliphatic hydroxyl groups excluding tert-OH is 4. The van der Waals surface area contributed by atoms with E-state index in [9.17, 15) is 0 Å². The van der Waals surface area contributed by atoms with Gasteiger partial charge >= 0.3 is 0 Å². The van der Waals surface area contributed by atoms with Crippen molar-refractivity contribution in [2.24, 2.45) is 0 Å². The molecule has 0 fully saturated rings. The van der Waals surface area contributed by atoms with E-state index in [1.54, 1.807) is 13.8 Å². The molecule has 0 amide bonds. The Labute approximate surface area is 60.7 Å². The van der Waals surface area contributed by atoms with E-state index in [2.05, 4.69) is 0 Å². The van der Waals surface area contributed by atoms with E-state index >= 15 is 0 Å². The SMILES string of the molecule is CC(O)C(C)O.OCCO. The Kier molecular flexibility index (Phi) is 11.1. The van der Waals surface area contributed by atoms with Crippen molar-refractivity contribution in [2.45, 2.75) is 26.1 Å².